The number of amides is 1. The molecule has 0 aromatic heterocycles. The van der Waals surface area contributed by atoms with Crippen LogP contribution in [0.15, 0.2) is 41.3 Å². The monoisotopic (exact) mass is 392 g/mol. The molecule has 7 heteroatoms. The highest BCUT2D eigenvalue weighted by Crippen LogP contribution is 2.26. The summed E-state index contributed by atoms with van der Waals surface area (Å²) in [5.74, 6) is -0.736. The number of hydrogen-bond donors (Lipinski definition) is 1. The van der Waals surface area contributed by atoms with E-state index in [1.807, 2.05) is 6.92 Å². The fourth-order valence-corrected chi connectivity index (χ4v) is 4.41. The number of rotatable bonds is 7. The van der Waals surface area contributed by atoms with E-state index in [4.69, 9.17) is 0 Å². The van der Waals surface area contributed by atoms with Gasteiger partial charge in [-0.2, -0.15) is 4.31 Å². The molecule has 146 valence electrons. The van der Waals surface area contributed by atoms with Crippen molar-refractivity contribution in [3.05, 3.63) is 58.9 Å². The van der Waals surface area contributed by atoms with Gasteiger partial charge in [0.15, 0.2) is 0 Å². The molecule has 2 aromatic carbocycles. The van der Waals surface area contributed by atoms with Crippen molar-refractivity contribution in [3.8, 4) is 0 Å². The zero-order valence-electron chi connectivity index (χ0n) is 16.0. The van der Waals surface area contributed by atoms with E-state index in [0.717, 1.165) is 11.1 Å². The third-order valence-corrected chi connectivity index (χ3v) is 6.54. The Labute approximate surface area is 160 Å². The molecule has 2 aromatic rings. The molecule has 0 saturated heterocycles. The summed E-state index contributed by atoms with van der Waals surface area (Å²) >= 11 is 0. The molecule has 0 spiro atoms. The number of carbonyl (C=O) groups excluding carboxylic acids is 1. The quantitative estimate of drug-likeness (QED) is 0.782. The highest BCUT2D eigenvalue weighted by molar-refractivity contribution is 7.89. The van der Waals surface area contributed by atoms with Gasteiger partial charge in [-0.1, -0.05) is 26.0 Å². The van der Waals surface area contributed by atoms with Crippen LogP contribution in [0.1, 0.15) is 30.5 Å². The van der Waals surface area contributed by atoms with Crippen LogP contribution in [-0.4, -0.2) is 31.7 Å². The van der Waals surface area contributed by atoms with Gasteiger partial charge in [-0.05, 0) is 54.8 Å². The van der Waals surface area contributed by atoms with Crippen LogP contribution in [0.25, 0.3) is 0 Å². The van der Waals surface area contributed by atoms with Crippen LogP contribution in [0, 0.1) is 19.7 Å². The number of aryl methyl sites for hydroxylation is 1. The summed E-state index contributed by atoms with van der Waals surface area (Å²) in [5, 5.41) is 2.76. The van der Waals surface area contributed by atoms with Gasteiger partial charge in [0.05, 0.1) is 11.3 Å². The van der Waals surface area contributed by atoms with E-state index in [1.54, 1.807) is 39.0 Å². The topological polar surface area (TPSA) is 66.5 Å². The third kappa shape index (κ3) is 4.93. The number of hydrogen-bond acceptors (Lipinski definition) is 3. The van der Waals surface area contributed by atoms with E-state index in [0.29, 0.717) is 24.3 Å². The first-order valence-electron chi connectivity index (χ1n) is 8.84. The van der Waals surface area contributed by atoms with Gasteiger partial charge < -0.3 is 5.32 Å². The molecule has 1 amide bonds. The molecule has 0 fully saturated rings. The lowest BCUT2D eigenvalue weighted by atomic mass is 10.1. The molecule has 1 N–H and O–H groups in total. The number of sulfonamides is 1. The first-order chi connectivity index (χ1) is 12.7. The second-order valence-corrected chi connectivity index (χ2v) is 8.29. The van der Waals surface area contributed by atoms with Crippen molar-refractivity contribution in [2.45, 2.75) is 39.0 Å². The SMILES string of the molecule is CCN(CC)S(=O)(=O)c1cc(C)c(C)c(NC(=O)Cc2cccc(F)c2)c1. The van der Waals surface area contributed by atoms with Gasteiger partial charge in [0.1, 0.15) is 5.82 Å². The van der Waals surface area contributed by atoms with Gasteiger partial charge in [0, 0.05) is 18.8 Å². The summed E-state index contributed by atoms with van der Waals surface area (Å²) in [4.78, 5) is 12.5. The number of nitrogens with zero attached hydrogens (tertiary/aromatic N) is 1. The summed E-state index contributed by atoms with van der Waals surface area (Å²) in [7, 11) is -3.63. The van der Waals surface area contributed by atoms with Gasteiger partial charge >= 0.3 is 0 Å². The molecule has 0 unspecified atom stereocenters. The summed E-state index contributed by atoms with van der Waals surface area (Å²) in [6.45, 7) is 7.92. The summed E-state index contributed by atoms with van der Waals surface area (Å²) < 4.78 is 40.2. The van der Waals surface area contributed by atoms with Crippen molar-refractivity contribution in [1.82, 2.24) is 4.31 Å². The van der Waals surface area contributed by atoms with Crippen molar-refractivity contribution in [1.29, 1.82) is 0 Å². The molecule has 0 bridgehead atoms. The lowest BCUT2D eigenvalue weighted by molar-refractivity contribution is -0.115. The van der Waals surface area contributed by atoms with E-state index >= 15 is 0 Å². The number of nitrogens with one attached hydrogen (secondary N) is 1. The fourth-order valence-electron chi connectivity index (χ4n) is 2.84. The molecular formula is C20H25FN2O3S. The van der Waals surface area contributed by atoms with Crippen molar-refractivity contribution in [2.75, 3.05) is 18.4 Å². The average Bonchev–Trinajstić information content (AvgIpc) is 2.59. The first-order valence-corrected chi connectivity index (χ1v) is 10.3. The summed E-state index contributed by atoms with van der Waals surface area (Å²) in [6, 6.07) is 8.94. The molecule has 0 atom stereocenters. The molecule has 0 aliphatic heterocycles. The Balaban J connectivity index is 2.31. The molecule has 0 radical (unpaired) electrons. The van der Waals surface area contributed by atoms with Crippen LogP contribution in [0.2, 0.25) is 0 Å². The standard InChI is InChI=1S/C20H25FN2O3S/c1-5-23(6-2)27(25,26)18-10-14(3)15(4)19(13-18)22-20(24)12-16-8-7-9-17(21)11-16/h7-11,13H,5-6,12H2,1-4H3,(H,22,24). The minimum absolute atomic E-state index is 0.00324. The van der Waals surface area contributed by atoms with E-state index < -0.39 is 15.8 Å². The number of carbonyl (C=O) groups is 1. The molecule has 0 heterocycles. The lowest BCUT2D eigenvalue weighted by Gasteiger charge is -2.20. The zero-order chi connectivity index (χ0) is 20.2. The Kier molecular flexibility index (Phi) is 6.73. The fraction of sp³-hybridized carbons (Fsp3) is 0.350. The normalized spacial score (nSPS) is 11.6. The maximum atomic E-state index is 13.3. The van der Waals surface area contributed by atoms with Crippen LogP contribution < -0.4 is 5.32 Å². The Hall–Kier alpha value is -2.25. The van der Waals surface area contributed by atoms with Crippen LogP contribution in [0.5, 0.6) is 0 Å². The van der Waals surface area contributed by atoms with Crippen molar-refractivity contribution in [2.24, 2.45) is 0 Å². The highest BCUT2D eigenvalue weighted by Gasteiger charge is 2.23. The van der Waals surface area contributed by atoms with Gasteiger partial charge in [-0.3, -0.25) is 4.79 Å². The lowest BCUT2D eigenvalue weighted by Crippen LogP contribution is -2.30. The van der Waals surface area contributed by atoms with Crippen molar-refractivity contribution >= 4 is 21.6 Å². The minimum Gasteiger partial charge on any atom is -0.326 e. The Morgan fingerprint density at radius 1 is 1.11 bits per heavy atom. The highest BCUT2D eigenvalue weighted by atomic mass is 32.2. The predicted octanol–water partition coefficient (Wildman–Crippen LogP) is 3.65. The van der Waals surface area contributed by atoms with E-state index in [-0.39, 0.29) is 17.2 Å². The molecule has 27 heavy (non-hydrogen) atoms. The first kappa shape index (κ1) is 21.1. The largest absolute Gasteiger partial charge is 0.326 e. The smallest absolute Gasteiger partial charge is 0.243 e. The predicted molar refractivity (Wildman–Crippen MR) is 105 cm³/mol. The van der Waals surface area contributed by atoms with E-state index in [2.05, 4.69) is 5.32 Å². The van der Waals surface area contributed by atoms with Crippen molar-refractivity contribution in [3.63, 3.8) is 0 Å². The minimum atomic E-state index is -3.63. The third-order valence-electron chi connectivity index (χ3n) is 4.51. The van der Waals surface area contributed by atoms with Crippen LogP contribution in [-0.2, 0) is 21.2 Å². The molecule has 0 aliphatic rings. The Morgan fingerprint density at radius 3 is 2.37 bits per heavy atom. The van der Waals surface area contributed by atoms with Crippen LogP contribution >= 0.6 is 0 Å². The van der Waals surface area contributed by atoms with E-state index in [9.17, 15) is 17.6 Å². The Morgan fingerprint density at radius 2 is 1.78 bits per heavy atom. The van der Waals surface area contributed by atoms with Crippen LogP contribution in [0.3, 0.4) is 0 Å². The summed E-state index contributed by atoms with van der Waals surface area (Å²) in [5.41, 5.74) is 2.56. The van der Waals surface area contributed by atoms with Gasteiger partial charge in [0.25, 0.3) is 0 Å². The second kappa shape index (κ2) is 8.63. The van der Waals surface area contributed by atoms with Gasteiger partial charge in [-0.15, -0.1) is 0 Å². The maximum absolute atomic E-state index is 13.3. The molecule has 2 rings (SSSR count). The number of halogens is 1. The number of anilines is 1. The molecule has 0 saturated carbocycles. The second-order valence-electron chi connectivity index (χ2n) is 6.36. The van der Waals surface area contributed by atoms with Crippen molar-refractivity contribution < 1.29 is 17.6 Å². The zero-order valence-corrected chi connectivity index (χ0v) is 16.9. The number of benzene rings is 2. The summed E-state index contributed by atoms with van der Waals surface area (Å²) in [6.07, 6.45) is 0.00324. The maximum Gasteiger partial charge on any atom is 0.243 e. The van der Waals surface area contributed by atoms with Crippen LogP contribution in [0.4, 0.5) is 10.1 Å². The Bertz CT molecular complexity index is 938. The van der Waals surface area contributed by atoms with Gasteiger partial charge in [-0.25, -0.2) is 12.8 Å². The molecule has 0 aliphatic carbocycles. The molecule has 5 nitrogen and oxygen atoms in total. The molecular weight excluding hydrogens is 367 g/mol. The van der Waals surface area contributed by atoms with E-state index in [1.165, 1.54) is 22.5 Å². The van der Waals surface area contributed by atoms with Gasteiger partial charge in [0.2, 0.25) is 15.9 Å². The average molecular weight is 392 g/mol.